The average Bonchev–Trinajstić information content (AvgIpc) is 2.75. The first kappa shape index (κ1) is 27.7. The van der Waals surface area contributed by atoms with Crippen molar-refractivity contribution >= 4 is 41.9 Å². The van der Waals surface area contributed by atoms with E-state index in [0.717, 1.165) is 0 Å². The van der Waals surface area contributed by atoms with Crippen LogP contribution in [0.1, 0.15) is 55.4 Å². The van der Waals surface area contributed by atoms with Gasteiger partial charge in [0.15, 0.2) is 5.96 Å². The molecule has 1 rings (SSSR count). The number of ether oxygens (including phenoxy) is 2. The molecular weight excluding hydrogens is 489 g/mol. The average molecular weight is 527 g/mol. The normalized spacial score (nSPS) is 21.2. The Kier molecular flexibility index (Phi) is 11.2. The van der Waals surface area contributed by atoms with E-state index in [1.165, 1.54) is 6.92 Å². The summed E-state index contributed by atoms with van der Waals surface area (Å²) < 4.78 is 11.6. The lowest BCUT2D eigenvalue weighted by Crippen LogP contribution is -2.51. The third-order valence-corrected chi connectivity index (χ3v) is 4.09. The molecule has 1 aliphatic rings. The van der Waals surface area contributed by atoms with Gasteiger partial charge in [0.05, 0.1) is 18.7 Å². The molecule has 0 aromatic carbocycles. The molecule has 10 heteroatoms. The maximum atomic E-state index is 12.8. The molecule has 9 nitrogen and oxygen atoms in total. The molecule has 29 heavy (non-hydrogen) atoms. The van der Waals surface area contributed by atoms with Gasteiger partial charge in [-0.05, 0) is 48.5 Å². The van der Waals surface area contributed by atoms with E-state index >= 15 is 0 Å². The SMILES string of the molecule is CCNC(=NCC1C(C)OC(C)(C)N1C(=O)OC(C)(C)C)NCCNC(C)=O.I. The fourth-order valence-electron chi connectivity index (χ4n) is 3.04. The minimum absolute atomic E-state index is 0. The summed E-state index contributed by atoms with van der Waals surface area (Å²) in [5, 5.41) is 9.06. The minimum Gasteiger partial charge on any atom is -0.444 e. The van der Waals surface area contributed by atoms with Crippen molar-refractivity contribution in [3.05, 3.63) is 0 Å². The predicted octanol–water partition coefficient (Wildman–Crippen LogP) is 2.06. The number of nitrogens with one attached hydrogen (secondary N) is 3. The smallest absolute Gasteiger partial charge is 0.412 e. The minimum atomic E-state index is -0.779. The summed E-state index contributed by atoms with van der Waals surface area (Å²) in [6.07, 6.45) is -0.598. The van der Waals surface area contributed by atoms with Crippen LogP contribution in [0.15, 0.2) is 4.99 Å². The molecule has 2 atom stereocenters. The van der Waals surface area contributed by atoms with Crippen LogP contribution >= 0.6 is 24.0 Å². The Morgan fingerprint density at radius 2 is 1.76 bits per heavy atom. The van der Waals surface area contributed by atoms with Crippen LogP contribution in [0, 0.1) is 0 Å². The van der Waals surface area contributed by atoms with Crippen LogP contribution < -0.4 is 16.0 Å². The Morgan fingerprint density at radius 1 is 1.17 bits per heavy atom. The number of carbonyl (C=O) groups is 2. The van der Waals surface area contributed by atoms with Gasteiger partial charge in [0, 0.05) is 26.6 Å². The second-order valence-corrected chi connectivity index (χ2v) is 8.32. The second-order valence-electron chi connectivity index (χ2n) is 8.32. The number of guanidine groups is 1. The molecule has 0 spiro atoms. The highest BCUT2D eigenvalue weighted by Gasteiger charge is 2.49. The number of carbonyl (C=O) groups excluding carboxylic acids is 2. The molecule has 3 N–H and O–H groups in total. The van der Waals surface area contributed by atoms with Gasteiger partial charge >= 0.3 is 6.09 Å². The van der Waals surface area contributed by atoms with Crippen molar-refractivity contribution in [2.75, 3.05) is 26.2 Å². The van der Waals surface area contributed by atoms with Crippen LogP contribution in [0.4, 0.5) is 4.79 Å². The zero-order valence-electron chi connectivity index (χ0n) is 18.9. The van der Waals surface area contributed by atoms with E-state index in [1.54, 1.807) is 4.90 Å². The molecule has 2 amide bonds. The highest BCUT2D eigenvalue weighted by molar-refractivity contribution is 14.0. The lowest BCUT2D eigenvalue weighted by Gasteiger charge is -2.34. The summed E-state index contributed by atoms with van der Waals surface area (Å²) in [4.78, 5) is 30.0. The first-order valence-corrected chi connectivity index (χ1v) is 9.84. The molecule has 0 radical (unpaired) electrons. The van der Waals surface area contributed by atoms with E-state index in [1.807, 2.05) is 48.5 Å². The zero-order valence-corrected chi connectivity index (χ0v) is 21.2. The number of hydrogen-bond donors (Lipinski definition) is 3. The predicted molar refractivity (Wildman–Crippen MR) is 125 cm³/mol. The fraction of sp³-hybridized carbons (Fsp3) is 0.842. The standard InChI is InChI=1S/C19H37N5O4.HI/c1-9-20-16(22-11-10-21-14(3)25)23-12-15-13(2)27-19(7,8)24(15)17(26)28-18(4,5)6;/h13,15H,9-12H2,1-8H3,(H,21,25)(H2,20,22,23);1H. The largest absolute Gasteiger partial charge is 0.444 e. The van der Waals surface area contributed by atoms with Crippen LogP contribution in [-0.2, 0) is 14.3 Å². The number of halogens is 1. The first-order chi connectivity index (χ1) is 12.9. The van der Waals surface area contributed by atoms with Crippen molar-refractivity contribution in [1.29, 1.82) is 0 Å². The zero-order chi connectivity index (χ0) is 21.5. The maximum absolute atomic E-state index is 12.8. The number of rotatable bonds is 6. The van der Waals surface area contributed by atoms with Crippen LogP contribution in [0.25, 0.3) is 0 Å². The van der Waals surface area contributed by atoms with Gasteiger partial charge in [0.25, 0.3) is 0 Å². The fourth-order valence-corrected chi connectivity index (χ4v) is 3.04. The maximum Gasteiger partial charge on any atom is 0.412 e. The monoisotopic (exact) mass is 527 g/mol. The Hall–Kier alpha value is -1.30. The van der Waals surface area contributed by atoms with E-state index in [4.69, 9.17) is 9.47 Å². The molecule has 1 fully saturated rings. The van der Waals surface area contributed by atoms with Crippen LogP contribution in [0.3, 0.4) is 0 Å². The molecule has 1 heterocycles. The van der Waals surface area contributed by atoms with E-state index in [2.05, 4.69) is 20.9 Å². The van der Waals surface area contributed by atoms with Crippen molar-refractivity contribution in [2.45, 2.75) is 78.9 Å². The van der Waals surface area contributed by atoms with Crippen LogP contribution in [0.2, 0.25) is 0 Å². The third kappa shape index (κ3) is 9.37. The molecular formula is C19H38IN5O4. The lowest BCUT2D eigenvalue weighted by molar-refractivity contribution is -0.118. The van der Waals surface area contributed by atoms with Gasteiger partial charge in [-0.3, -0.25) is 14.7 Å². The highest BCUT2D eigenvalue weighted by atomic mass is 127. The summed E-state index contributed by atoms with van der Waals surface area (Å²) in [6.45, 7) is 16.7. The Morgan fingerprint density at radius 3 is 2.28 bits per heavy atom. The van der Waals surface area contributed by atoms with Crippen LogP contribution in [0.5, 0.6) is 0 Å². The Balaban J connectivity index is 0.00000784. The molecule has 2 unspecified atom stereocenters. The first-order valence-electron chi connectivity index (χ1n) is 9.84. The molecule has 1 aliphatic heterocycles. The van der Waals surface area contributed by atoms with Crippen molar-refractivity contribution in [3.8, 4) is 0 Å². The number of nitrogens with zero attached hydrogens (tertiary/aromatic N) is 2. The van der Waals surface area contributed by atoms with Crippen molar-refractivity contribution < 1.29 is 19.1 Å². The van der Waals surface area contributed by atoms with Gasteiger partial charge < -0.3 is 25.4 Å². The van der Waals surface area contributed by atoms with Crippen LogP contribution in [-0.4, -0.2) is 72.5 Å². The number of aliphatic imine (C=N–C) groups is 1. The van der Waals surface area contributed by atoms with Gasteiger partial charge in [-0.25, -0.2) is 4.79 Å². The van der Waals surface area contributed by atoms with E-state index in [9.17, 15) is 9.59 Å². The van der Waals surface area contributed by atoms with Gasteiger partial charge in [-0.2, -0.15) is 0 Å². The number of amides is 2. The lowest BCUT2D eigenvalue weighted by atomic mass is 10.1. The van der Waals surface area contributed by atoms with Gasteiger partial charge in [0.1, 0.15) is 11.3 Å². The van der Waals surface area contributed by atoms with E-state index in [-0.39, 0.29) is 42.0 Å². The summed E-state index contributed by atoms with van der Waals surface area (Å²) in [6, 6.07) is -0.254. The van der Waals surface area contributed by atoms with Crippen molar-refractivity contribution in [3.63, 3.8) is 0 Å². The topological polar surface area (TPSA) is 104 Å². The molecule has 0 bridgehead atoms. The van der Waals surface area contributed by atoms with Crippen molar-refractivity contribution in [1.82, 2.24) is 20.9 Å². The molecule has 1 saturated heterocycles. The van der Waals surface area contributed by atoms with E-state index in [0.29, 0.717) is 32.1 Å². The summed E-state index contributed by atoms with van der Waals surface area (Å²) in [7, 11) is 0. The van der Waals surface area contributed by atoms with Crippen molar-refractivity contribution in [2.24, 2.45) is 4.99 Å². The third-order valence-electron chi connectivity index (χ3n) is 4.09. The summed E-state index contributed by atoms with van der Waals surface area (Å²) >= 11 is 0. The Bertz CT molecular complexity index is 577. The molecule has 0 aromatic heterocycles. The molecule has 170 valence electrons. The molecule has 0 saturated carbocycles. The number of hydrogen-bond acceptors (Lipinski definition) is 5. The summed E-state index contributed by atoms with van der Waals surface area (Å²) in [5.74, 6) is 0.546. The Labute approximate surface area is 191 Å². The van der Waals surface area contributed by atoms with Gasteiger partial charge in [-0.1, -0.05) is 0 Å². The second kappa shape index (κ2) is 11.8. The van der Waals surface area contributed by atoms with Gasteiger partial charge in [-0.15, -0.1) is 24.0 Å². The quantitative estimate of drug-likeness (QED) is 0.212. The van der Waals surface area contributed by atoms with E-state index < -0.39 is 17.4 Å². The molecule has 0 aliphatic carbocycles. The molecule has 0 aromatic rings. The van der Waals surface area contributed by atoms with Gasteiger partial charge in [0.2, 0.25) is 5.91 Å². The highest BCUT2D eigenvalue weighted by Crippen LogP contribution is 2.33. The summed E-state index contributed by atoms with van der Waals surface area (Å²) in [5.41, 5.74) is -1.37.